The number of piperidine rings is 1. The van der Waals surface area contributed by atoms with E-state index in [1.807, 2.05) is 13.0 Å². The molecule has 0 bridgehead atoms. The van der Waals surface area contributed by atoms with Crippen molar-refractivity contribution in [2.45, 2.75) is 44.6 Å². The zero-order valence-corrected chi connectivity index (χ0v) is 23.8. The van der Waals surface area contributed by atoms with E-state index >= 15 is 0 Å². The van der Waals surface area contributed by atoms with Crippen molar-refractivity contribution >= 4 is 35.2 Å². The molecule has 7 nitrogen and oxygen atoms in total. The molecule has 2 amide bonds. The third-order valence-corrected chi connectivity index (χ3v) is 8.52. The topological polar surface area (TPSA) is 71.1 Å². The van der Waals surface area contributed by atoms with Gasteiger partial charge in [0.15, 0.2) is 0 Å². The summed E-state index contributed by atoms with van der Waals surface area (Å²) in [5.74, 6) is 1.81. The Hall–Kier alpha value is -2.48. The smallest absolute Gasteiger partial charge is 0.415 e. The number of halogens is 2. The molecule has 1 aliphatic heterocycles. The number of likely N-dealkylation sites (N-methyl/N-ethyl adjacent to an activating group) is 1. The fourth-order valence-electron chi connectivity index (χ4n) is 4.96. The van der Waals surface area contributed by atoms with Gasteiger partial charge in [0, 0.05) is 38.0 Å². The molecule has 2 fully saturated rings. The van der Waals surface area contributed by atoms with Gasteiger partial charge in [0.25, 0.3) is 0 Å². The monoisotopic (exact) mass is 561 g/mol. The van der Waals surface area contributed by atoms with Gasteiger partial charge in [0.2, 0.25) is 5.91 Å². The molecule has 2 aliphatic rings. The van der Waals surface area contributed by atoms with Crippen molar-refractivity contribution in [1.29, 1.82) is 0 Å². The molecule has 0 aromatic heterocycles. The number of hydrogen-bond acceptors (Lipinski definition) is 5. The first-order chi connectivity index (χ1) is 18.2. The number of methoxy groups -OCH3 is 1. The highest BCUT2D eigenvalue weighted by atomic mass is 35.5. The maximum atomic E-state index is 13.1. The summed E-state index contributed by atoms with van der Waals surface area (Å²) >= 11 is 12.5. The predicted molar refractivity (Wildman–Crippen MR) is 150 cm³/mol. The van der Waals surface area contributed by atoms with Crippen LogP contribution in [-0.4, -0.2) is 68.2 Å². The Kier molecular flexibility index (Phi) is 9.80. The Morgan fingerprint density at radius 2 is 1.68 bits per heavy atom. The van der Waals surface area contributed by atoms with Crippen molar-refractivity contribution in [3.8, 4) is 11.5 Å². The Bertz CT molecular complexity index is 1100. The van der Waals surface area contributed by atoms with Crippen LogP contribution in [0.3, 0.4) is 0 Å². The van der Waals surface area contributed by atoms with E-state index in [9.17, 15) is 9.59 Å². The van der Waals surface area contributed by atoms with E-state index in [-0.39, 0.29) is 23.8 Å². The summed E-state index contributed by atoms with van der Waals surface area (Å²) in [5.41, 5.74) is 0.885. The second-order valence-corrected chi connectivity index (χ2v) is 11.3. The van der Waals surface area contributed by atoms with Crippen LogP contribution in [0.4, 0.5) is 4.79 Å². The molecule has 206 valence electrons. The summed E-state index contributed by atoms with van der Waals surface area (Å²) in [7, 11) is 3.27. The van der Waals surface area contributed by atoms with Crippen LogP contribution in [-0.2, 0) is 4.79 Å². The summed E-state index contributed by atoms with van der Waals surface area (Å²) in [6, 6.07) is 12.0. The van der Waals surface area contributed by atoms with Gasteiger partial charge in [0.1, 0.15) is 11.5 Å². The molecule has 0 spiro atoms. The lowest BCUT2D eigenvalue weighted by Gasteiger charge is -2.34. The fraction of sp³-hybridized carbons (Fsp3) is 0.517. The van der Waals surface area contributed by atoms with Gasteiger partial charge in [-0.1, -0.05) is 29.3 Å². The van der Waals surface area contributed by atoms with E-state index in [0.29, 0.717) is 28.1 Å². The molecule has 38 heavy (non-hydrogen) atoms. The molecule has 2 aromatic rings. The highest BCUT2D eigenvalue weighted by Gasteiger charge is 2.31. The van der Waals surface area contributed by atoms with Crippen LogP contribution in [0, 0.1) is 11.8 Å². The Morgan fingerprint density at radius 3 is 2.29 bits per heavy atom. The summed E-state index contributed by atoms with van der Waals surface area (Å²) in [4.78, 5) is 30.2. The van der Waals surface area contributed by atoms with E-state index in [0.717, 1.165) is 37.4 Å². The lowest BCUT2D eigenvalue weighted by Crippen LogP contribution is -2.46. The van der Waals surface area contributed by atoms with E-state index < -0.39 is 6.09 Å². The normalized spacial score (nSPS) is 17.9. The molecule has 1 saturated carbocycles. The summed E-state index contributed by atoms with van der Waals surface area (Å²) in [5, 5.41) is 4.05. The van der Waals surface area contributed by atoms with Gasteiger partial charge in [-0.25, -0.2) is 4.79 Å². The first-order valence-corrected chi connectivity index (χ1v) is 14.0. The first kappa shape index (κ1) is 28.5. The minimum Gasteiger partial charge on any atom is -0.497 e. The number of amides is 2. The molecule has 1 heterocycles. The lowest BCUT2D eigenvalue weighted by molar-refractivity contribution is -0.126. The largest absolute Gasteiger partial charge is 0.497 e. The van der Waals surface area contributed by atoms with E-state index in [2.05, 4.69) is 10.2 Å². The minimum absolute atomic E-state index is 0.00739. The van der Waals surface area contributed by atoms with Crippen molar-refractivity contribution < 1.29 is 19.1 Å². The van der Waals surface area contributed by atoms with Gasteiger partial charge in [-0.05, 0) is 93.6 Å². The quantitative estimate of drug-likeness (QED) is 0.394. The van der Waals surface area contributed by atoms with Crippen molar-refractivity contribution in [3.05, 3.63) is 58.1 Å². The molecule has 2 atom stereocenters. The fourth-order valence-corrected chi connectivity index (χ4v) is 5.27. The minimum atomic E-state index is -0.498. The van der Waals surface area contributed by atoms with Crippen LogP contribution >= 0.6 is 23.2 Å². The highest BCUT2D eigenvalue weighted by molar-refractivity contribution is 6.42. The van der Waals surface area contributed by atoms with Crippen LogP contribution < -0.4 is 14.8 Å². The third-order valence-electron chi connectivity index (χ3n) is 7.79. The number of carbonyl (C=O) groups is 2. The number of ether oxygens (including phenoxy) is 2. The van der Waals surface area contributed by atoms with Crippen molar-refractivity contribution in [1.82, 2.24) is 15.1 Å². The number of benzene rings is 2. The SMILES string of the molecule is COc1ccc(OC(=O)N(C)[C@H](C)[C@@H](CNC(=O)C2CCN(CC3CC3)CC2)c2ccc(Cl)c(Cl)c2)cc1. The average molecular weight is 563 g/mol. The zero-order valence-electron chi connectivity index (χ0n) is 22.3. The molecule has 1 N–H and O–H groups in total. The van der Waals surface area contributed by atoms with Gasteiger partial charge in [-0.15, -0.1) is 0 Å². The molecule has 0 radical (unpaired) electrons. The standard InChI is InChI=1S/C29H37Cl2N3O4/c1-19(33(2)29(36)38-24-9-7-23(37-3)8-10-24)25(22-6-11-26(30)27(31)16-22)17-32-28(35)21-12-14-34(15-13-21)18-20-4-5-20/h6-11,16,19-21,25H,4-5,12-15,17-18H2,1-3H3,(H,32,35)/t19-,25-/m1/s1. The van der Waals surface area contributed by atoms with Crippen LogP contribution in [0.25, 0.3) is 0 Å². The number of rotatable bonds is 10. The predicted octanol–water partition coefficient (Wildman–Crippen LogP) is 5.84. The number of likely N-dealkylation sites (tertiary alicyclic amines) is 1. The zero-order chi connectivity index (χ0) is 27.2. The van der Waals surface area contributed by atoms with Gasteiger partial charge in [-0.3, -0.25) is 4.79 Å². The average Bonchev–Trinajstić information content (AvgIpc) is 3.74. The number of hydrogen-bond donors (Lipinski definition) is 1. The van der Waals surface area contributed by atoms with Crippen LogP contribution in [0.15, 0.2) is 42.5 Å². The second kappa shape index (κ2) is 13.0. The molecule has 2 aromatic carbocycles. The van der Waals surface area contributed by atoms with Gasteiger partial charge in [-0.2, -0.15) is 0 Å². The molecule has 1 saturated heterocycles. The van der Waals surface area contributed by atoms with Crippen LogP contribution in [0.2, 0.25) is 10.0 Å². The van der Waals surface area contributed by atoms with Crippen molar-refractivity contribution in [3.63, 3.8) is 0 Å². The summed E-state index contributed by atoms with van der Waals surface area (Å²) in [6.45, 7) is 5.41. The Labute approximate surface area is 235 Å². The lowest BCUT2D eigenvalue weighted by atomic mass is 9.90. The highest BCUT2D eigenvalue weighted by Crippen LogP contribution is 2.32. The Balaban J connectivity index is 1.40. The van der Waals surface area contributed by atoms with Crippen molar-refractivity contribution in [2.24, 2.45) is 11.8 Å². The molecular weight excluding hydrogens is 525 g/mol. The van der Waals surface area contributed by atoms with Crippen LogP contribution in [0.5, 0.6) is 11.5 Å². The van der Waals surface area contributed by atoms with Crippen LogP contribution in [0.1, 0.15) is 44.1 Å². The molecular formula is C29H37Cl2N3O4. The number of carbonyl (C=O) groups excluding carboxylic acids is 2. The van der Waals surface area contributed by atoms with Gasteiger partial charge in [0.05, 0.1) is 17.2 Å². The molecule has 4 rings (SSSR count). The molecule has 1 aliphatic carbocycles. The van der Waals surface area contributed by atoms with E-state index in [1.165, 1.54) is 19.4 Å². The third kappa shape index (κ3) is 7.55. The van der Waals surface area contributed by atoms with E-state index in [1.54, 1.807) is 55.5 Å². The number of nitrogens with one attached hydrogen (secondary N) is 1. The maximum absolute atomic E-state index is 13.1. The van der Waals surface area contributed by atoms with Gasteiger partial charge < -0.3 is 24.6 Å². The number of nitrogens with zero attached hydrogens (tertiary/aromatic N) is 2. The summed E-state index contributed by atoms with van der Waals surface area (Å²) in [6.07, 6.45) is 3.94. The maximum Gasteiger partial charge on any atom is 0.415 e. The van der Waals surface area contributed by atoms with E-state index in [4.69, 9.17) is 32.7 Å². The first-order valence-electron chi connectivity index (χ1n) is 13.3. The Morgan fingerprint density at radius 1 is 1.03 bits per heavy atom. The second-order valence-electron chi connectivity index (χ2n) is 10.4. The van der Waals surface area contributed by atoms with Gasteiger partial charge >= 0.3 is 6.09 Å². The summed E-state index contributed by atoms with van der Waals surface area (Å²) < 4.78 is 10.7. The van der Waals surface area contributed by atoms with Crippen molar-refractivity contribution in [2.75, 3.05) is 40.3 Å². The molecule has 0 unspecified atom stereocenters. The molecule has 9 heteroatoms.